The number of anilines is 1. The molecule has 3 heteroatoms. The Labute approximate surface area is 110 Å². The monoisotopic (exact) mass is 251 g/mol. The summed E-state index contributed by atoms with van der Waals surface area (Å²) in [5.74, 6) is 0.867. The minimum Gasteiger partial charge on any atom is -0.495 e. The predicted molar refractivity (Wildman–Crippen MR) is 76.7 cm³/mol. The van der Waals surface area contributed by atoms with Crippen molar-refractivity contribution in [1.82, 2.24) is 0 Å². The van der Waals surface area contributed by atoms with E-state index in [1.165, 1.54) is 5.56 Å². The lowest BCUT2D eigenvalue weighted by molar-refractivity contribution is 0.190. The summed E-state index contributed by atoms with van der Waals surface area (Å²) < 4.78 is 10.5. The van der Waals surface area contributed by atoms with Gasteiger partial charge in [-0.1, -0.05) is 26.8 Å². The minimum absolute atomic E-state index is 0.132. The second-order valence-electron chi connectivity index (χ2n) is 5.67. The number of ether oxygens (including phenoxy) is 2. The van der Waals surface area contributed by atoms with E-state index in [2.05, 4.69) is 45.1 Å². The summed E-state index contributed by atoms with van der Waals surface area (Å²) in [6, 6.07) is 6.54. The Morgan fingerprint density at radius 3 is 2.39 bits per heavy atom. The van der Waals surface area contributed by atoms with Crippen molar-refractivity contribution in [3.05, 3.63) is 23.8 Å². The highest BCUT2D eigenvalue weighted by Crippen LogP contribution is 2.31. The van der Waals surface area contributed by atoms with Gasteiger partial charge in [0.1, 0.15) is 5.75 Å². The molecular weight excluding hydrogens is 226 g/mol. The van der Waals surface area contributed by atoms with Crippen molar-refractivity contribution in [1.29, 1.82) is 0 Å². The van der Waals surface area contributed by atoms with Gasteiger partial charge in [-0.05, 0) is 30.0 Å². The van der Waals surface area contributed by atoms with E-state index in [0.29, 0.717) is 6.61 Å². The molecule has 0 saturated carbocycles. The Balaban J connectivity index is 2.99. The van der Waals surface area contributed by atoms with E-state index in [1.807, 2.05) is 6.07 Å². The largest absolute Gasteiger partial charge is 0.495 e. The molecule has 102 valence electrons. The smallest absolute Gasteiger partial charge is 0.141 e. The Morgan fingerprint density at radius 2 is 1.89 bits per heavy atom. The first-order valence-corrected chi connectivity index (χ1v) is 6.32. The molecule has 0 aliphatic heterocycles. The zero-order valence-electron chi connectivity index (χ0n) is 12.3. The molecule has 0 fully saturated rings. The molecule has 1 unspecified atom stereocenters. The second kappa shape index (κ2) is 6.10. The van der Waals surface area contributed by atoms with E-state index in [-0.39, 0.29) is 11.5 Å². The van der Waals surface area contributed by atoms with Gasteiger partial charge >= 0.3 is 0 Å². The van der Waals surface area contributed by atoms with Gasteiger partial charge in [0.25, 0.3) is 0 Å². The third-order valence-corrected chi connectivity index (χ3v) is 2.88. The van der Waals surface area contributed by atoms with Crippen molar-refractivity contribution in [3.8, 4) is 5.75 Å². The summed E-state index contributed by atoms with van der Waals surface area (Å²) >= 11 is 0. The fraction of sp³-hybridized carbons (Fsp3) is 0.600. The number of hydrogen-bond acceptors (Lipinski definition) is 3. The molecule has 0 bridgehead atoms. The molecule has 0 aliphatic carbocycles. The molecule has 0 aromatic heterocycles. The van der Waals surface area contributed by atoms with Crippen LogP contribution in [-0.4, -0.2) is 26.9 Å². The lowest BCUT2D eigenvalue weighted by Crippen LogP contribution is -2.21. The van der Waals surface area contributed by atoms with Gasteiger partial charge in [-0.15, -0.1) is 0 Å². The van der Waals surface area contributed by atoms with E-state index in [4.69, 9.17) is 9.47 Å². The van der Waals surface area contributed by atoms with E-state index in [9.17, 15) is 0 Å². The molecule has 1 aromatic rings. The molecule has 3 nitrogen and oxygen atoms in total. The zero-order valence-corrected chi connectivity index (χ0v) is 12.3. The standard InChI is InChI=1S/C15H25NO2/c1-11(10-17-5)16-13-9-12(15(2,3)4)7-8-14(13)18-6/h7-9,11,16H,10H2,1-6H3. The highest BCUT2D eigenvalue weighted by Gasteiger charge is 2.16. The van der Waals surface area contributed by atoms with Crippen LogP contribution in [-0.2, 0) is 10.2 Å². The van der Waals surface area contributed by atoms with Crippen molar-refractivity contribution in [2.45, 2.75) is 39.2 Å². The number of hydrogen-bond donors (Lipinski definition) is 1. The molecular formula is C15H25NO2. The molecule has 0 amide bonds. The molecule has 0 saturated heterocycles. The fourth-order valence-electron chi connectivity index (χ4n) is 1.84. The fourth-order valence-corrected chi connectivity index (χ4v) is 1.84. The predicted octanol–water partition coefficient (Wildman–Crippen LogP) is 3.44. The maximum absolute atomic E-state index is 5.39. The summed E-state index contributed by atoms with van der Waals surface area (Å²) in [4.78, 5) is 0. The molecule has 0 aliphatic rings. The zero-order chi connectivity index (χ0) is 13.8. The summed E-state index contributed by atoms with van der Waals surface area (Å²) in [6.45, 7) is 9.38. The van der Waals surface area contributed by atoms with Crippen LogP contribution in [0.3, 0.4) is 0 Å². The first-order valence-electron chi connectivity index (χ1n) is 6.32. The third kappa shape index (κ3) is 3.91. The maximum atomic E-state index is 5.39. The molecule has 1 aromatic carbocycles. The van der Waals surface area contributed by atoms with Crippen molar-refractivity contribution < 1.29 is 9.47 Å². The molecule has 18 heavy (non-hydrogen) atoms. The van der Waals surface area contributed by atoms with Crippen molar-refractivity contribution in [2.75, 3.05) is 26.1 Å². The Kier molecular flexibility index (Phi) is 5.03. The molecule has 0 radical (unpaired) electrons. The van der Waals surface area contributed by atoms with Crippen LogP contribution in [0.5, 0.6) is 5.75 Å². The van der Waals surface area contributed by atoms with Gasteiger partial charge in [0.05, 0.1) is 19.4 Å². The van der Waals surface area contributed by atoms with Crippen LogP contribution in [0, 0.1) is 0 Å². The lowest BCUT2D eigenvalue weighted by Gasteiger charge is -2.23. The quantitative estimate of drug-likeness (QED) is 0.869. The Hall–Kier alpha value is -1.22. The van der Waals surface area contributed by atoms with E-state index >= 15 is 0 Å². The SMILES string of the molecule is COCC(C)Nc1cc(C(C)(C)C)ccc1OC. The first-order chi connectivity index (χ1) is 8.38. The van der Waals surface area contributed by atoms with Crippen LogP contribution in [0.25, 0.3) is 0 Å². The van der Waals surface area contributed by atoms with Crippen molar-refractivity contribution in [2.24, 2.45) is 0 Å². The molecule has 0 spiro atoms. The topological polar surface area (TPSA) is 30.5 Å². The molecule has 0 heterocycles. The van der Waals surface area contributed by atoms with Crippen LogP contribution in [0.2, 0.25) is 0 Å². The van der Waals surface area contributed by atoms with Crippen molar-refractivity contribution in [3.63, 3.8) is 0 Å². The number of rotatable bonds is 5. The highest BCUT2D eigenvalue weighted by atomic mass is 16.5. The minimum atomic E-state index is 0.132. The lowest BCUT2D eigenvalue weighted by atomic mass is 9.87. The van der Waals surface area contributed by atoms with Crippen LogP contribution < -0.4 is 10.1 Å². The van der Waals surface area contributed by atoms with E-state index in [1.54, 1.807) is 14.2 Å². The number of methoxy groups -OCH3 is 2. The summed E-state index contributed by atoms with van der Waals surface area (Å²) in [5, 5.41) is 3.42. The normalized spacial score (nSPS) is 13.2. The second-order valence-corrected chi connectivity index (χ2v) is 5.67. The van der Waals surface area contributed by atoms with Gasteiger partial charge < -0.3 is 14.8 Å². The Morgan fingerprint density at radius 1 is 1.22 bits per heavy atom. The first kappa shape index (κ1) is 14.8. The van der Waals surface area contributed by atoms with Crippen LogP contribution in [0.4, 0.5) is 5.69 Å². The van der Waals surface area contributed by atoms with Crippen LogP contribution in [0.15, 0.2) is 18.2 Å². The molecule has 1 atom stereocenters. The maximum Gasteiger partial charge on any atom is 0.141 e. The number of benzene rings is 1. The van der Waals surface area contributed by atoms with Crippen LogP contribution >= 0.6 is 0 Å². The van der Waals surface area contributed by atoms with Gasteiger partial charge in [-0.2, -0.15) is 0 Å². The average molecular weight is 251 g/mol. The average Bonchev–Trinajstić information content (AvgIpc) is 2.28. The highest BCUT2D eigenvalue weighted by molar-refractivity contribution is 5.59. The van der Waals surface area contributed by atoms with Crippen LogP contribution in [0.1, 0.15) is 33.3 Å². The third-order valence-electron chi connectivity index (χ3n) is 2.88. The van der Waals surface area contributed by atoms with E-state index in [0.717, 1.165) is 11.4 Å². The summed E-state index contributed by atoms with van der Waals surface area (Å²) in [5.41, 5.74) is 2.44. The number of nitrogens with one attached hydrogen (secondary N) is 1. The van der Waals surface area contributed by atoms with Gasteiger partial charge in [-0.25, -0.2) is 0 Å². The van der Waals surface area contributed by atoms with Gasteiger partial charge in [0, 0.05) is 13.2 Å². The molecule has 1 rings (SSSR count). The summed E-state index contributed by atoms with van der Waals surface area (Å²) in [6.07, 6.45) is 0. The molecule has 1 N–H and O–H groups in total. The van der Waals surface area contributed by atoms with Gasteiger partial charge in [0.2, 0.25) is 0 Å². The summed E-state index contributed by atoms with van der Waals surface area (Å²) in [7, 11) is 3.40. The van der Waals surface area contributed by atoms with E-state index < -0.39 is 0 Å². The van der Waals surface area contributed by atoms with Gasteiger partial charge in [-0.3, -0.25) is 0 Å². The Bertz CT molecular complexity index is 383. The van der Waals surface area contributed by atoms with Gasteiger partial charge in [0.15, 0.2) is 0 Å². The van der Waals surface area contributed by atoms with Crippen molar-refractivity contribution >= 4 is 5.69 Å².